The van der Waals surface area contributed by atoms with Crippen LogP contribution in [0.5, 0.6) is 6.01 Å². The highest BCUT2D eigenvalue weighted by Gasteiger charge is 2.36. The van der Waals surface area contributed by atoms with Crippen LogP contribution in [0.4, 0.5) is 30.5 Å². The maximum atomic E-state index is 13.8. The number of sulfonamides is 1. The summed E-state index contributed by atoms with van der Waals surface area (Å²) in [7, 11) is -3.55. The van der Waals surface area contributed by atoms with Crippen molar-refractivity contribution in [2.75, 3.05) is 36.4 Å². The average Bonchev–Trinajstić information content (AvgIpc) is 3.71. The normalized spacial score (nSPS) is 18.8. The van der Waals surface area contributed by atoms with E-state index in [2.05, 4.69) is 20.3 Å². The fourth-order valence-electron chi connectivity index (χ4n) is 5.57. The van der Waals surface area contributed by atoms with Gasteiger partial charge in [-0.25, -0.2) is 13.4 Å². The summed E-state index contributed by atoms with van der Waals surface area (Å²) in [6.45, 7) is 3.62. The molecule has 3 aliphatic rings. The number of alkyl halides is 3. The standard InChI is InChI=1S/C29H33F3N6O3S/c1-19(20-6-7-20)41-28-35-25-13-18-37(27-24(29(30,31)32)5-4-14-33-27)17-12-23(25)26(36-28)34-21-8-10-22(11-9-21)42(39,40)38-15-2-3-16-38/h4-5,8-11,14,19-20H,2-3,6-7,12-13,15-18H2,1H3,(H,34,35,36). The van der Waals surface area contributed by atoms with E-state index in [1.807, 2.05) is 6.92 Å². The third-order valence-electron chi connectivity index (χ3n) is 8.11. The molecule has 13 heteroatoms. The van der Waals surface area contributed by atoms with Crippen molar-refractivity contribution in [2.24, 2.45) is 5.92 Å². The minimum atomic E-state index is -4.52. The molecule has 9 nitrogen and oxygen atoms in total. The summed E-state index contributed by atoms with van der Waals surface area (Å²) in [6.07, 6.45) is 1.43. The van der Waals surface area contributed by atoms with Crippen LogP contribution in [0.15, 0.2) is 47.5 Å². The molecule has 1 aliphatic carbocycles. The van der Waals surface area contributed by atoms with E-state index >= 15 is 0 Å². The number of hydrogen-bond acceptors (Lipinski definition) is 8. The molecule has 2 aliphatic heterocycles. The molecule has 1 aromatic carbocycles. The van der Waals surface area contributed by atoms with E-state index in [1.165, 1.54) is 16.6 Å². The Morgan fingerprint density at radius 3 is 2.40 bits per heavy atom. The Balaban J connectivity index is 1.28. The predicted molar refractivity (Wildman–Crippen MR) is 151 cm³/mol. The van der Waals surface area contributed by atoms with Crippen molar-refractivity contribution >= 4 is 27.3 Å². The van der Waals surface area contributed by atoms with Crippen LogP contribution in [0.1, 0.15) is 49.4 Å². The molecule has 0 spiro atoms. The number of fused-ring (bicyclic) bond motifs is 1. The second kappa shape index (κ2) is 11.3. The highest BCUT2D eigenvalue weighted by Crippen LogP contribution is 2.37. The molecule has 1 unspecified atom stereocenters. The van der Waals surface area contributed by atoms with Gasteiger partial charge in [0.25, 0.3) is 0 Å². The number of benzene rings is 1. The van der Waals surface area contributed by atoms with Gasteiger partial charge < -0.3 is 15.0 Å². The number of rotatable bonds is 8. The lowest BCUT2D eigenvalue weighted by Gasteiger charge is -2.24. The molecule has 0 bridgehead atoms. The molecule has 6 rings (SSSR count). The Morgan fingerprint density at radius 2 is 1.71 bits per heavy atom. The molecule has 1 N–H and O–H groups in total. The van der Waals surface area contributed by atoms with Crippen LogP contribution in [0.25, 0.3) is 0 Å². The van der Waals surface area contributed by atoms with Crippen LogP contribution >= 0.6 is 0 Å². The maximum Gasteiger partial charge on any atom is 0.419 e. The summed E-state index contributed by atoms with van der Waals surface area (Å²) >= 11 is 0. The molecule has 1 saturated carbocycles. The zero-order valence-corrected chi connectivity index (χ0v) is 24.1. The van der Waals surface area contributed by atoms with Crippen molar-refractivity contribution in [1.29, 1.82) is 0 Å². The minimum absolute atomic E-state index is 0.0592. The van der Waals surface area contributed by atoms with Gasteiger partial charge in [0, 0.05) is 50.0 Å². The van der Waals surface area contributed by atoms with Gasteiger partial charge >= 0.3 is 12.2 Å². The van der Waals surface area contributed by atoms with Gasteiger partial charge in [0.2, 0.25) is 10.0 Å². The number of pyridine rings is 1. The lowest BCUT2D eigenvalue weighted by atomic mass is 10.1. The van der Waals surface area contributed by atoms with Gasteiger partial charge in [0.15, 0.2) is 0 Å². The van der Waals surface area contributed by atoms with E-state index in [-0.39, 0.29) is 29.4 Å². The first-order valence-electron chi connectivity index (χ1n) is 14.3. The van der Waals surface area contributed by atoms with Crippen molar-refractivity contribution in [1.82, 2.24) is 19.3 Å². The van der Waals surface area contributed by atoms with Crippen molar-refractivity contribution < 1.29 is 26.3 Å². The molecule has 4 heterocycles. The Labute approximate surface area is 243 Å². The first-order chi connectivity index (χ1) is 20.1. The van der Waals surface area contributed by atoms with Gasteiger partial charge in [-0.05, 0) is 81.3 Å². The van der Waals surface area contributed by atoms with Gasteiger partial charge in [0.1, 0.15) is 17.7 Å². The SMILES string of the molecule is CC(Oc1nc2c(c(Nc3ccc(S(=O)(=O)N4CCCC4)cc3)n1)CCN(c1ncccc1C(F)(F)F)CC2)C1CC1. The van der Waals surface area contributed by atoms with Crippen LogP contribution < -0.4 is 15.0 Å². The molecular formula is C29H33F3N6O3S. The van der Waals surface area contributed by atoms with E-state index in [4.69, 9.17) is 4.74 Å². The highest BCUT2D eigenvalue weighted by molar-refractivity contribution is 7.89. The molecule has 1 saturated heterocycles. The molecule has 2 fully saturated rings. The summed E-state index contributed by atoms with van der Waals surface area (Å²) in [5, 5.41) is 3.30. The number of nitrogens with one attached hydrogen (secondary N) is 1. The second-order valence-electron chi connectivity index (χ2n) is 11.1. The van der Waals surface area contributed by atoms with E-state index < -0.39 is 21.8 Å². The first kappa shape index (κ1) is 28.7. The number of hydrogen-bond donors (Lipinski definition) is 1. The maximum absolute atomic E-state index is 13.8. The van der Waals surface area contributed by atoms with Crippen molar-refractivity contribution in [2.45, 2.75) is 62.6 Å². The molecule has 224 valence electrons. The number of halogens is 3. The summed E-state index contributed by atoms with van der Waals surface area (Å²) in [5.41, 5.74) is 1.34. The molecule has 2 aromatic heterocycles. The summed E-state index contributed by atoms with van der Waals surface area (Å²) < 4.78 is 74.8. The zero-order valence-electron chi connectivity index (χ0n) is 23.3. The van der Waals surface area contributed by atoms with Crippen LogP contribution in [-0.4, -0.2) is 60.0 Å². The summed E-state index contributed by atoms with van der Waals surface area (Å²) in [6, 6.07) is 9.08. The van der Waals surface area contributed by atoms with Crippen LogP contribution in [0.3, 0.4) is 0 Å². The van der Waals surface area contributed by atoms with Gasteiger partial charge in [-0.2, -0.15) is 27.4 Å². The number of anilines is 3. The predicted octanol–water partition coefficient (Wildman–Crippen LogP) is 5.20. The Hall–Kier alpha value is -3.45. The molecule has 3 aromatic rings. The van der Waals surface area contributed by atoms with Crippen LogP contribution in [0, 0.1) is 5.92 Å². The topological polar surface area (TPSA) is 101 Å². The van der Waals surface area contributed by atoms with E-state index in [0.29, 0.717) is 55.6 Å². The third-order valence-corrected chi connectivity index (χ3v) is 10.0. The highest BCUT2D eigenvalue weighted by atomic mass is 32.2. The zero-order chi connectivity index (χ0) is 29.5. The Kier molecular flexibility index (Phi) is 7.73. The fourth-order valence-corrected chi connectivity index (χ4v) is 7.08. The molecule has 0 radical (unpaired) electrons. The molecule has 0 amide bonds. The van der Waals surface area contributed by atoms with Gasteiger partial charge in [-0.3, -0.25) is 0 Å². The van der Waals surface area contributed by atoms with E-state index in [1.54, 1.807) is 29.2 Å². The van der Waals surface area contributed by atoms with Crippen molar-refractivity contribution in [3.63, 3.8) is 0 Å². The largest absolute Gasteiger partial charge is 0.460 e. The average molecular weight is 603 g/mol. The molecular weight excluding hydrogens is 569 g/mol. The van der Waals surface area contributed by atoms with Gasteiger partial charge in [-0.1, -0.05) is 0 Å². The second-order valence-corrected chi connectivity index (χ2v) is 13.0. The fraction of sp³-hybridized carbons (Fsp3) is 0.483. The van der Waals surface area contributed by atoms with Crippen molar-refractivity contribution in [3.05, 3.63) is 59.4 Å². The van der Waals surface area contributed by atoms with Crippen LogP contribution in [0.2, 0.25) is 0 Å². The summed E-state index contributed by atoms with van der Waals surface area (Å²) in [5.74, 6) is 0.843. The third kappa shape index (κ3) is 6.03. The smallest absolute Gasteiger partial charge is 0.419 e. The molecule has 1 atom stereocenters. The number of ether oxygens (including phenoxy) is 1. The quantitative estimate of drug-likeness (QED) is 0.376. The van der Waals surface area contributed by atoms with Gasteiger partial charge in [0.05, 0.1) is 16.2 Å². The number of aromatic nitrogens is 3. The van der Waals surface area contributed by atoms with E-state index in [0.717, 1.165) is 37.3 Å². The lowest BCUT2D eigenvalue weighted by molar-refractivity contribution is -0.137. The minimum Gasteiger partial charge on any atom is -0.460 e. The first-order valence-corrected chi connectivity index (χ1v) is 15.7. The molecule has 42 heavy (non-hydrogen) atoms. The number of nitrogens with zero attached hydrogens (tertiary/aromatic N) is 5. The lowest BCUT2D eigenvalue weighted by Crippen LogP contribution is -2.29. The van der Waals surface area contributed by atoms with Gasteiger partial charge in [-0.15, -0.1) is 0 Å². The van der Waals surface area contributed by atoms with Crippen LogP contribution in [-0.2, 0) is 29.0 Å². The van der Waals surface area contributed by atoms with Crippen molar-refractivity contribution in [3.8, 4) is 6.01 Å². The summed E-state index contributed by atoms with van der Waals surface area (Å²) in [4.78, 5) is 15.3. The Morgan fingerprint density at radius 1 is 1.00 bits per heavy atom. The van der Waals surface area contributed by atoms with E-state index in [9.17, 15) is 21.6 Å². The Bertz CT molecular complexity index is 1540. The monoisotopic (exact) mass is 602 g/mol.